The highest BCUT2D eigenvalue weighted by Gasteiger charge is 2.11. The lowest BCUT2D eigenvalue weighted by atomic mass is 10.0. The van der Waals surface area contributed by atoms with E-state index >= 15 is 0 Å². The van der Waals surface area contributed by atoms with Gasteiger partial charge >= 0.3 is 0 Å². The standard InChI is InChI=1S/C16H15N3OS/c1-10-9-15(19(2)18-10)20-14-8-7-13(16(17)21)11-5-3-4-6-12(11)14/h3-9H,1-2H3,(H2,17,21). The van der Waals surface area contributed by atoms with E-state index in [1.807, 2.05) is 56.4 Å². The normalized spacial score (nSPS) is 10.8. The largest absolute Gasteiger partial charge is 0.439 e. The van der Waals surface area contributed by atoms with Gasteiger partial charge < -0.3 is 10.5 Å². The fourth-order valence-electron chi connectivity index (χ4n) is 2.37. The Hall–Kier alpha value is -2.40. The van der Waals surface area contributed by atoms with Gasteiger partial charge in [-0.2, -0.15) is 5.10 Å². The van der Waals surface area contributed by atoms with Crippen molar-refractivity contribution in [2.75, 3.05) is 0 Å². The Bertz CT molecular complexity index is 839. The Morgan fingerprint density at radius 2 is 1.90 bits per heavy atom. The summed E-state index contributed by atoms with van der Waals surface area (Å²) >= 11 is 5.11. The number of thiocarbonyl (C=S) groups is 1. The molecule has 0 fully saturated rings. The van der Waals surface area contributed by atoms with Gasteiger partial charge in [0.2, 0.25) is 5.88 Å². The van der Waals surface area contributed by atoms with Crippen LogP contribution in [-0.2, 0) is 7.05 Å². The molecule has 0 aliphatic heterocycles. The SMILES string of the molecule is Cc1cc(Oc2ccc(C(N)=S)c3ccccc23)n(C)n1. The van der Waals surface area contributed by atoms with Gasteiger partial charge in [0.1, 0.15) is 10.7 Å². The summed E-state index contributed by atoms with van der Waals surface area (Å²) in [6, 6.07) is 13.6. The van der Waals surface area contributed by atoms with E-state index in [0.717, 1.165) is 27.8 Å². The molecule has 0 saturated heterocycles. The van der Waals surface area contributed by atoms with Gasteiger partial charge in [-0.3, -0.25) is 0 Å². The molecule has 2 N–H and O–H groups in total. The summed E-state index contributed by atoms with van der Waals surface area (Å²) in [5.74, 6) is 1.45. The van der Waals surface area contributed by atoms with Crippen molar-refractivity contribution in [3.8, 4) is 11.6 Å². The van der Waals surface area contributed by atoms with Crippen molar-refractivity contribution in [1.82, 2.24) is 9.78 Å². The van der Waals surface area contributed by atoms with Crippen LogP contribution in [0.15, 0.2) is 42.5 Å². The molecule has 106 valence electrons. The molecule has 4 nitrogen and oxygen atoms in total. The van der Waals surface area contributed by atoms with Gasteiger partial charge in [-0.25, -0.2) is 4.68 Å². The number of hydrogen-bond donors (Lipinski definition) is 1. The highest BCUT2D eigenvalue weighted by Crippen LogP contribution is 2.32. The summed E-state index contributed by atoms with van der Waals surface area (Å²) in [6.45, 7) is 1.93. The van der Waals surface area contributed by atoms with Crippen molar-refractivity contribution in [2.45, 2.75) is 6.92 Å². The molecule has 0 amide bonds. The van der Waals surface area contributed by atoms with E-state index in [2.05, 4.69) is 5.10 Å². The van der Waals surface area contributed by atoms with Gasteiger partial charge in [-0.15, -0.1) is 0 Å². The maximum atomic E-state index is 5.99. The summed E-state index contributed by atoms with van der Waals surface area (Å²) in [6.07, 6.45) is 0. The summed E-state index contributed by atoms with van der Waals surface area (Å²) in [5.41, 5.74) is 7.56. The second kappa shape index (κ2) is 5.18. The second-order valence-electron chi connectivity index (χ2n) is 4.87. The van der Waals surface area contributed by atoms with Crippen LogP contribution in [-0.4, -0.2) is 14.8 Å². The molecule has 0 unspecified atom stereocenters. The third-order valence-corrected chi connectivity index (χ3v) is 3.54. The Labute approximate surface area is 128 Å². The average Bonchev–Trinajstić information content (AvgIpc) is 2.77. The Morgan fingerprint density at radius 1 is 1.19 bits per heavy atom. The summed E-state index contributed by atoms with van der Waals surface area (Å²) in [7, 11) is 1.86. The van der Waals surface area contributed by atoms with Crippen LogP contribution in [0.3, 0.4) is 0 Å². The number of ether oxygens (including phenoxy) is 1. The van der Waals surface area contributed by atoms with Crippen LogP contribution in [0.1, 0.15) is 11.3 Å². The molecule has 0 aliphatic rings. The quantitative estimate of drug-likeness (QED) is 0.754. The number of benzene rings is 2. The van der Waals surface area contributed by atoms with E-state index < -0.39 is 0 Å². The molecule has 21 heavy (non-hydrogen) atoms. The molecule has 0 spiro atoms. The number of nitrogens with zero attached hydrogens (tertiary/aromatic N) is 2. The highest BCUT2D eigenvalue weighted by molar-refractivity contribution is 7.80. The molecular formula is C16H15N3OS. The van der Waals surface area contributed by atoms with Gasteiger partial charge in [-0.05, 0) is 24.4 Å². The van der Waals surface area contributed by atoms with Crippen LogP contribution in [0.25, 0.3) is 10.8 Å². The van der Waals surface area contributed by atoms with Crippen molar-refractivity contribution < 1.29 is 4.74 Å². The fourth-order valence-corrected chi connectivity index (χ4v) is 2.55. The zero-order valence-corrected chi connectivity index (χ0v) is 12.6. The minimum Gasteiger partial charge on any atom is -0.439 e. The predicted molar refractivity (Wildman–Crippen MR) is 87.9 cm³/mol. The molecule has 0 bridgehead atoms. The molecule has 0 radical (unpaired) electrons. The van der Waals surface area contributed by atoms with Gasteiger partial charge in [0, 0.05) is 24.1 Å². The molecule has 0 saturated carbocycles. The lowest BCUT2D eigenvalue weighted by molar-refractivity contribution is 0.435. The van der Waals surface area contributed by atoms with Crippen molar-refractivity contribution in [3.05, 3.63) is 53.7 Å². The smallest absolute Gasteiger partial charge is 0.217 e. The molecule has 0 atom stereocenters. The van der Waals surface area contributed by atoms with Gasteiger partial charge in [-0.1, -0.05) is 36.5 Å². The van der Waals surface area contributed by atoms with E-state index in [1.54, 1.807) is 4.68 Å². The lowest BCUT2D eigenvalue weighted by Crippen LogP contribution is -2.10. The molecular weight excluding hydrogens is 282 g/mol. The molecule has 0 aliphatic carbocycles. The Balaban J connectivity index is 2.14. The third-order valence-electron chi connectivity index (χ3n) is 3.32. The monoisotopic (exact) mass is 297 g/mol. The van der Waals surface area contributed by atoms with E-state index in [-0.39, 0.29) is 0 Å². The van der Waals surface area contributed by atoms with Crippen LogP contribution in [0, 0.1) is 6.92 Å². The number of aryl methyl sites for hydroxylation is 2. The predicted octanol–water partition coefficient (Wildman–Crippen LogP) is 3.31. The molecule has 1 heterocycles. The minimum atomic E-state index is 0.383. The van der Waals surface area contributed by atoms with Crippen LogP contribution < -0.4 is 10.5 Å². The van der Waals surface area contributed by atoms with Crippen molar-refractivity contribution in [3.63, 3.8) is 0 Å². The zero-order valence-electron chi connectivity index (χ0n) is 11.8. The Morgan fingerprint density at radius 3 is 2.52 bits per heavy atom. The van der Waals surface area contributed by atoms with Gasteiger partial charge in [0.25, 0.3) is 0 Å². The summed E-state index contributed by atoms with van der Waals surface area (Å²) in [4.78, 5) is 0.383. The van der Waals surface area contributed by atoms with E-state index in [4.69, 9.17) is 22.7 Å². The first-order chi connectivity index (χ1) is 10.1. The molecule has 3 aromatic rings. The first-order valence-electron chi connectivity index (χ1n) is 6.56. The molecule has 2 aromatic carbocycles. The maximum Gasteiger partial charge on any atom is 0.217 e. The van der Waals surface area contributed by atoms with Crippen LogP contribution in [0.4, 0.5) is 0 Å². The van der Waals surface area contributed by atoms with E-state index in [1.165, 1.54) is 0 Å². The second-order valence-corrected chi connectivity index (χ2v) is 5.31. The number of fused-ring (bicyclic) bond motifs is 1. The number of nitrogens with two attached hydrogens (primary N) is 1. The molecule has 3 rings (SSSR count). The zero-order chi connectivity index (χ0) is 15.0. The number of hydrogen-bond acceptors (Lipinski definition) is 3. The Kier molecular flexibility index (Phi) is 3.35. The first kappa shape index (κ1) is 13.6. The van der Waals surface area contributed by atoms with Crippen LogP contribution in [0.2, 0.25) is 0 Å². The van der Waals surface area contributed by atoms with E-state index in [0.29, 0.717) is 10.9 Å². The minimum absolute atomic E-state index is 0.383. The van der Waals surface area contributed by atoms with Crippen molar-refractivity contribution >= 4 is 28.0 Å². The summed E-state index contributed by atoms with van der Waals surface area (Å²) in [5, 5.41) is 6.25. The van der Waals surface area contributed by atoms with Gasteiger partial charge in [0.05, 0.1) is 5.69 Å². The number of rotatable bonds is 3. The third kappa shape index (κ3) is 2.48. The molecule has 5 heteroatoms. The van der Waals surface area contributed by atoms with Crippen molar-refractivity contribution in [2.24, 2.45) is 12.8 Å². The van der Waals surface area contributed by atoms with Crippen LogP contribution >= 0.6 is 12.2 Å². The first-order valence-corrected chi connectivity index (χ1v) is 6.97. The maximum absolute atomic E-state index is 5.99. The number of aromatic nitrogens is 2. The highest BCUT2D eigenvalue weighted by atomic mass is 32.1. The topological polar surface area (TPSA) is 53.1 Å². The lowest BCUT2D eigenvalue weighted by Gasteiger charge is -2.11. The fraction of sp³-hybridized carbons (Fsp3) is 0.125. The average molecular weight is 297 g/mol. The summed E-state index contributed by atoms with van der Waals surface area (Å²) < 4.78 is 7.71. The van der Waals surface area contributed by atoms with E-state index in [9.17, 15) is 0 Å². The molecule has 1 aromatic heterocycles. The van der Waals surface area contributed by atoms with Crippen LogP contribution in [0.5, 0.6) is 11.6 Å². The van der Waals surface area contributed by atoms with Gasteiger partial charge in [0.15, 0.2) is 0 Å². The van der Waals surface area contributed by atoms with Crippen molar-refractivity contribution in [1.29, 1.82) is 0 Å².